The van der Waals surface area contributed by atoms with E-state index in [2.05, 4.69) is 5.16 Å². The lowest BCUT2D eigenvalue weighted by Gasteiger charge is -2.19. The summed E-state index contributed by atoms with van der Waals surface area (Å²) >= 11 is 0. The van der Waals surface area contributed by atoms with E-state index in [1.807, 2.05) is 19.1 Å². The topological polar surface area (TPSA) is 66.4 Å². The number of benzene rings is 2. The van der Waals surface area contributed by atoms with Gasteiger partial charge in [0.25, 0.3) is 0 Å². The number of carbonyl (C=O) groups is 1. The number of hydrogen-bond donors (Lipinski definition) is 0. The molecule has 6 heteroatoms. The summed E-state index contributed by atoms with van der Waals surface area (Å²) in [6, 6.07) is 8.93. The largest absolute Gasteiger partial charge is 0.496 e. The Kier molecular flexibility index (Phi) is 5.64. The molecule has 0 heterocycles. The van der Waals surface area contributed by atoms with Gasteiger partial charge in [-0.05, 0) is 67.6 Å². The van der Waals surface area contributed by atoms with E-state index in [-0.39, 0.29) is 0 Å². The van der Waals surface area contributed by atoms with Crippen LogP contribution in [-0.4, -0.2) is 33.0 Å². The minimum atomic E-state index is -0.541. The smallest absolute Gasteiger partial charge is 0.365 e. The zero-order chi connectivity index (χ0) is 19.4. The highest BCUT2D eigenvalue weighted by atomic mass is 16.7. The molecule has 0 radical (unpaired) electrons. The minimum Gasteiger partial charge on any atom is -0.496 e. The van der Waals surface area contributed by atoms with Crippen LogP contribution in [0.1, 0.15) is 39.9 Å². The highest BCUT2D eigenvalue weighted by molar-refractivity contribution is 6.03. The maximum Gasteiger partial charge on any atom is 0.365 e. The normalized spacial score (nSPS) is 14.4. The fourth-order valence-corrected chi connectivity index (χ4v) is 3.21. The Morgan fingerprint density at radius 3 is 2.37 bits per heavy atom. The Hall–Kier alpha value is -3.02. The van der Waals surface area contributed by atoms with E-state index in [1.54, 1.807) is 32.4 Å². The second-order valence-corrected chi connectivity index (χ2v) is 6.32. The van der Waals surface area contributed by atoms with Crippen molar-refractivity contribution in [3.8, 4) is 17.2 Å². The molecule has 0 bridgehead atoms. The number of hydrogen-bond acceptors (Lipinski definition) is 6. The molecule has 0 atom stereocenters. The van der Waals surface area contributed by atoms with Crippen LogP contribution >= 0.6 is 0 Å². The Morgan fingerprint density at radius 1 is 0.926 bits per heavy atom. The predicted molar refractivity (Wildman–Crippen MR) is 102 cm³/mol. The van der Waals surface area contributed by atoms with E-state index >= 15 is 0 Å². The number of ether oxygens (including phenoxy) is 3. The van der Waals surface area contributed by atoms with E-state index in [1.165, 1.54) is 7.11 Å². The van der Waals surface area contributed by atoms with Gasteiger partial charge in [-0.3, -0.25) is 0 Å². The SMILES string of the molecule is COc1cc2c(cc1C)/C(=N\OC(=O)c1ccc(OC)c(OC)c1)CCC2. The molecule has 2 aromatic carbocycles. The summed E-state index contributed by atoms with van der Waals surface area (Å²) in [7, 11) is 4.72. The molecule has 0 saturated heterocycles. The Labute approximate surface area is 158 Å². The van der Waals surface area contributed by atoms with Gasteiger partial charge in [-0.2, -0.15) is 0 Å². The summed E-state index contributed by atoms with van der Waals surface area (Å²) in [6.45, 7) is 1.99. The fourth-order valence-electron chi connectivity index (χ4n) is 3.21. The lowest BCUT2D eigenvalue weighted by atomic mass is 9.88. The number of aryl methyl sites for hydroxylation is 2. The maximum atomic E-state index is 12.4. The number of carbonyl (C=O) groups excluding carboxylic acids is 1. The average molecular weight is 369 g/mol. The van der Waals surface area contributed by atoms with Gasteiger partial charge in [-0.1, -0.05) is 5.16 Å². The van der Waals surface area contributed by atoms with E-state index in [4.69, 9.17) is 19.0 Å². The molecule has 0 amide bonds. The molecule has 2 aromatic rings. The maximum absolute atomic E-state index is 12.4. The van der Waals surface area contributed by atoms with Gasteiger partial charge in [0.1, 0.15) is 5.75 Å². The monoisotopic (exact) mass is 369 g/mol. The second kappa shape index (κ2) is 8.12. The summed E-state index contributed by atoms with van der Waals surface area (Å²) in [5.74, 6) is 1.33. The molecule has 1 aliphatic rings. The lowest BCUT2D eigenvalue weighted by Crippen LogP contribution is -2.14. The molecule has 0 saturated carbocycles. The molecule has 0 N–H and O–H groups in total. The summed E-state index contributed by atoms with van der Waals surface area (Å²) in [6.07, 6.45) is 2.67. The highest BCUT2D eigenvalue weighted by Gasteiger charge is 2.19. The molecule has 0 aliphatic heterocycles. The quantitative estimate of drug-likeness (QED) is 0.590. The number of nitrogens with zero attached hydrogens (tertiary/aromatic N) is 1. The molecular formula is C21H23NO5. The molecule has 0 aromatic heterocycles. The number of oxime groups is 1. The van der Waals surface area contributed by atoms with Gasteiger partial charge in [0.15, 0.2) is 11.5 Å². The van der Waals surface area contributed by atoms with Crippen molar-refractivity contribution in [3.63, 3.8) is 0 Å². The van der Waals surface area contributed by atoms with Gasteiger partial charge in [0, 0.05) is 5.56 Å². The van der Waals surface area contributed by atoms with Gasteiger partial charge < -0.3 is 19.0 Å². The summed E-state index contributed by atoms with van der Waals surface area (Å²) < 4.78 is 15.8. The third-order valence-electron chi connectivity index (χ3n) is 4.65. The van der Waals surface area contributed by atoms with Gasteiger partial charge in [-0.25, -0.2) is 4.79 Å². The molecule has 0 spiro atoms. The molecule has 1 aliphatic carbocycles. The summed E-state index contributed by atoms with van der Waals surface area (Å²) in [5.41, 5.74) is 4.32. The highest BCUT2D eigenvalue weighted by Crippen LogP contribution is 2.30. The standard InChI is InChI=1S/C21H23NO5/c1-13-10-16-14(11-19(13)25-3)6-5-7-17(16)22-27-21(23)15-8-9-18(24-2)20(12-15)26-4/h8-12H,5-7H2,1-4H3/b22-17-. The van der Waals surface area contributed by atoms with Crippen molar-refractivity contribution in [3.05, 3.63) is 52.6 Å². The predicted octanol–water partition coefficient (Wildman–Crippen LogP) is 3.92. The molecule has 0 fully saturated rings. The van der Waals surface area contributed by atoms with Gasteiger partial charge >= 0.3 is 5.97 Å². The fraction of sp³-hybridized carbons (Fsp3) is 0.333. The Bertz CT molecular complexity index is 888. The van der Waals surface area contributed by atoms with Crippen LogP contribution in [0.5, 0.6) is 17.2 Å². The van der Waals surface area contributed by atoms with Crippen LogP contribution in [0, 0.1) is 6.92 Å². The van der Waals surface area contributed by atoms with E-state index in [0.717, 1.165) is 47.4 Å². The van der Waals surface area contributed by atoms with Crippen LogP contribution in [0.4, 0.5) is 0 Å². The van der Waals surface area contributed by atoms with Crippen molar-refractivity contribution < 1.29 is 23.8 Å². The van der Waals surface area contributed by atoms with Crippen LogP contribution in [-0.2, 0) is 11.3 Å². The van der Waals surface area contributed by atoms with E-state index in [0.29, 0.717) is 17.1 Å². The van der Waals surface area contributed by atoms with Crippen LogP contribution in [0.2, 0.25) is 0 Å². The first-order valence-corrected chi connectivity index (χ1v) is 8.75. The van der Waals surface area contributed by atoms with Gasteiger partial charge in [-0.15, -0.1) is 0 Å². The second-order valence-electron chi connectivity index (χ2n) is 6.32. The zero-order valence-corrected chi connectivity index (χ0v) is 16.0. The van der Waals surface area contributed by atoms with E-state index in [9.17, 15) is 4.79 Å². The van der Waals surface area contributed by atoms with Crippen molar-refractivity contribution in [1.29, 1.82) is 0 Å². The van der Waals surface area contributed by atoms with Crippen LogP contribution in [0.25, 0.3) is 0 Å². The number of methoxy groups -OCH3 is 3. The number of fused-ring (bicyclic) bond motifs is 1. The molecule has 6 nitrogen and oxygen atoms in total. The van der Waals surface area contributed by atoms with Crippen molar-refractivity contribution in [2.24, 2.45) is 5.16 Å². The summed E-state index contributed by atoms with van der Waals surface area (Å²) in [4.78, 5) is 17.6. The first-order chi connectivity index (χ1) is 13.1. The molecule has 142 valence electrons. The minimum absolute atomic E-state index is 0.346. The molecule has 27 heavy (non-hydrogen) atoms. The van der Waals surface area contributed by atoms with Crippen LogP contribution < -0.4 is 14.2 Å². The first-order valence-electron chi connectivity index (χ1n) is 8.75. The van der Waals surface area contributed by atoms with Crippen molar-refractivity contribution in [2.75, 3.05) is 21.3 Å². The number of rotatable bonds is 5. The van der Waals surface area contributed by atoms with Crippen molar-refractivity contribution >= 4 is 11.7 Å². The third-order valence-corrected chi connectivity index (χ3v) is 4.65. The lowest BCUT2D eigenvalue weighted by molar-refractivity contribution is 0.0515. The molecular weight excluding hydrogens is 346 g/mol. The Balaban J connectivity index is 1.83. The van der Waals surface area contributed by atoms with Crippen molar-refractivity contribution in [1.82, 2.24) is 0 Å². The Morgan fingerprint density at radius 2 is 1.67 bits per heavy atom. The first kappa shape index (κ1) is 18.8. The summed E-state index contributed by atoms with van der Waals surface area (Å²) in [5, 5.41) is 4.15. The van der Waals surface area contributed by atoms with Crippen LogP contribution in [0.15, 0.2) is 35.5 Å². The van der Waals surface area contributed by atoms with E-state index < -0.39 is 5.97 Å². The van der Waals surface area contributed by atoms with Gasteiger partial charge in [0.05, 0.1) is 32.6 Å². The zero-order valence-electron chi connectivity index (χ0n) is 16.0. The molecule has 3 rings (SSSR count). The van der Waals surface area contributed by atoms with Crippen LogP contribution in [0.3, 0.4) is 0 Å². The molecule has 0 unspecified atom stereocenters. The average Bonchev–Trinajstić information content (AvgIpc) is 2.70. The third kappa shape index (κ3) is 3.89. The van der Waals surface area contributed by atoms with Gasteiger partial charge in [0.2, 0.25) is 0 Å². The van der Waals surface area contributed by atoms with Crippen molar-refractivity contribution in [2.45, 2.75) is 26.2 Å².